The van der Waals surface area contributed by atoms with Crippen LogP contribution >= 0.6 is 11.3 Å². The number of thiazole rings is 1. The maximum absolute atomic E-state index is 14.1. The maximum Gasteiger partial charge on any atom is 0.280 e. The van der Waals surface area contributed by atoms with Crippen LogP contribution in [0.5, 0.6) is 0 Å². The second-order valence-corrected chi connectivity index (χ2v) is 14.7. The Labute approximate surface area is 230 Å². The van der Waals surface area contributed by atoms with E-state index in [9.17, 15) is 26.8 Å². The highest BCUT2D eigenvalue weighted by Gasteiger charge is 2.46. The molecule has 0 radical (unpaired) electrons. The van der Waals surface area contributed by atoms with Gasteiger partial charge in [0.15, 0.2) is 5.01 Å². The van der Waals surface area contributed by atoms with Crippen LogP contribution in [0.2, 0.25) is 0 Å². The van der Waals surface area contributed by atoms with Gasteiger partial charge in [-0.05, 0) is 64.5 Å². The quantitative estimate of drug-likeness (QED) is 0.528. The molecule has 0 spiro atoms. The second-order valence-electron chi connectivity index (χ2n) is 11.4. The fourth-order valence-electron chi connectivity index (χ4n) is 5.45. The van der Waals surface area contributed by atoms with Gasteiger partial charge in [-0.15, -0.1) is 11.3 Å². The molecule has 2 aromatic rings. The molecule has 3 aliphatic rings. The number of hydrogen-bond donors (Lipinski definition) is 2. The van der Waals surface area contributed by atoms with Gasteiger partial charge in [0.25, 0.3) is 17.7 Å². The van der Waals surface area contributed by atoms with E-state index in [0.717, 1.165) is 41.1 Å². The minimum Gasteiger partial charge on any atom is -0.365 e. The van der Waals surface area contributed by atoms with E-state index in [1.165, 1.54) is 0 Å². The van der Waals surface area contributed by atoms with Crippen molar-refractivity contribution in [2.45, 2.75) is 82.8 Å². The van der Waals surface area contributed by atoms with Crippen molar-refractivity contribution >= 4 is 38.8 Å². The summed E-state index contributed by atoms with van der Waals surface area (Å²) in [6, 6.07) is 0.867. The smallest absolute Gasteiger partial charge is 0.280 e. The molecule has 0 aromatic carbocycles. The van der Waals surface area contributed by atoms with Crippen LogP contribution in [-0.2, 0) is 9.84 Å². The molecule has 13 heteroatoms. The minimum atomic E-state index is -3.10. The van der Waals surface area contributed by atoms with Crippen LogP contribution in [0.25, 0.3) is 10.4 Å². The molecule has 1 saturated carbocycles. The molecule has 2 N–H and O–H groups in total. The summed E-state index contributed by atoms with van der Waals surface area (Å²) in [4.78, 5) is 37.1. The van der Waals surface area contributed by atoms with Crippen molar-refractivity contribution in [3.05, 3.63) is 28.5 Å². The highest BCUT2D eigenvalue weighted by atomic mass is 32.2. The first-order valence-corrected chi connectivity index (χ1v) is 15.8. The van der Waals surface area contributed by atoms with Crippen LogP contribution in [0.15, 0.2) is 12.3 Å². The summed E-state index contributed by atoms with van der Waals surface area (Å²) in [6.07, 6.45) is 5.04. The number of sulfone groups is 1. The van der Waals surface area contributed by atoms with Crippen molar-refractivity contribution in [3.8, 4) is 10.4 Å². The van der Waals surface area contributed by atoms with Gasteiger partial charge in [0.1, 0.15) is 21.3 Å². The molecule has 2 aliphatic heterocycles. The first-order chi connectivity index (χ1) is 18.2. The normalized spacial score (nSPS) is 23.7. The lowest BCUT2D eigenvalue weighted by Gasteiger charge is -2.39. The molecular formula is C26H33F2N5O4S2. The number of nitrogens with one attached hydrogen (secondary N) is 2. The molecule has 0 bridgehead atoms. The number of halogens is 2. The van der Waals surface area contributed by atoms with E-state index in [2.05, 4.69) is 27.5 Å². The highest BCUT2D eigenvalue weighted by molar-refractivity contribution is 7.91. The number of rotatable bonds is 6. The molecule has 4 heterocycles. The van der Waals surface area contributed by atoms with E-state index >= 15 is 0 Å². The molecule has 1 atom stereocenters. The molecule has 2 amide bonds. The Morgan fingerprint density at radius 3 is 2.46 bits per heavy atom. The number of carbonyl (C=O) groups is 2. The van der Waals surface area contributed by atoms with E-state index in [1.54, 1.807) is 13.1 Å². The number of hydrogen-bond acceptors (Lipinski definition) is 8. The Hall–Kier alpha value is -2.67. The molecule has 2 saturated heterocycles. The van der Waals surface area contributed by atoms with Gasteiger partial charge in [0.2, 0.25) is 0 Å². The Kier molecular flexibility index (Phi) is 7.19. The number of nitrogens with zero attached hydrogens (tertiary/aromatic N) is 3. The first kappa shape index (κ1) is 27.9. The van der Waals surface area contributed by atoms with Gasteiger partial charge in [0.05, 0.1) is 22.9 Å². The topological polar surface area (TPSA) is 121 Å². The zero-order chi connectivity index (χ0) is 28.2. The molecule has 9 nitrogen and oxygen atoms in total. The lowest BCUT2D eigenvalue weighted by Crippen LogP contribution is -2.41. The fraction of sp³-hybridized carbons (Fsp3) is 0.615. The lowest BCUT2D eigenvalue weighted by atomic mass is 9.78. The molecule has 212 valence electrons. The van der Waals surface area contributed by atoms with Gasteiger partial charge in [-0.3, -0.25) is 9.59 Å². The van der Waals surface area contributed by atoms with Crippen LogP contribution in [0, 0.1) is 6.92 Å². The summed E-state index contributed by atoms with van der Waals surface area (Å²) < 4.78 is 51.8. The van der Waals surface area contributed by atoms with Gasteiger partial charge < -0.3 is 15.5 Å². The molecule has 3 fully saturated rings. The predicted molar refractivity (Wildman–Crippen MR) is 145 cm³/mol. The van der Waals surface area contributed by atoms with Gasteiger partial charge >= 0.3 is 0 Å². The number of anilines is 1. The van der Waals surface area contributed by atoms with Gasteiger partial charge in [-0.2, -0.15) is 0 Å². The zero-order valence-corrected chi connectivity index (χ0v) is 23.9. The van der Waals surface area contributed by atoms with E-state index in [4.69, 9.17) is 0 Å². The average molecular weight is 582 g/mol. The summed E-state index contributed by atoms with van der Waals surface area (Å²) >= 11 is 1.01. The molecule has 5 rings (SSSR count). The van der Waals surface area contributed by atoms with Crippen LogP contribution in [0.1, 0.15) is 78.2 Å². The largest absolute Gasteiger partial charge is 0.365 e. The van der Waals surface area contributed by atoms with Gasteiger partial charge in [-0.25, -0.2) is 27.2 Å². The lowest BCUT2D eigenvalue weighted by molar-refractivity contribution is 0.0118. The third kappa shape index (κ3) is 5.93. The maximum atomic E-state index is 14.1. The van der Waals surface area contributed by atoms with Gasteiger partial charge in [-0.1, -0.05) is 0 Å². The molecule has 1 aliphatic carbocycles. The van der Waals surface area contributed by atoms with Crippen molar-refractivity contribution in [2.75, 3.05) is 23.4 Å². The number of aromatic nitrogens is 2. The summed E-state index contributed by atoms with van der Waals surface area (Å²) in [5.41, 5.74) is 1.34. The average Bonchev–Trinajstić information content (AvgIpc) is 3.39. The molecule has 0 unspecified atom stereocenters. The number of pyridine rings is 1. The van der Waals surface area contributed by atoms with Crippen molar-refractivity contribution in [1.82, 2.24) is 20.2 Å². The van der Waals surface area contributed by atoms with Crippen molar-refractivity contribution in [3.63, 3.8) is 0 Å². The minimum absolute atomic E-state index is 0.00381. The number of aryl methyl sites for hydroxylation is 1. The predicted octanol–water partition coefficient (Wildman–Crippen LogP) is 4.04. The highest BCUT2D eigenvalue weighted by Crippen LogP contribution is 2.39. The number of alkyl halides is 2. The summed E-state index contributed by atoms with van der Waals surface area (Å²) in [7, 11) is -3.10. The Morgan fingerprint density at radius 2 is 1.90 bits per heavy atom. The summed E-state index contributed by atoms with van der Waals surface area (Å²) in [5.74, 6) is -3.47. The number of likely N-dealkylation sites (tertiary alicyclic amines) is 1. The number of amides is 2. The third-order valence-electron chi connectivity index (χ3n) is 7.94. The summed E-state index contributed by atoms with van der Waals surface area (Å²) in [5, 5.41) is 6.31. The van der Waals surface area contributed by atoms with E-state index in [-0.39, 0.29) is 33.8 Å². The van der Waals surface area contributed by atoms with Crippen molar-refractivity contribution < 1.29 is 26.8 Å². The van der Waals surface area contributed by atoms with Crippen molar-refractivity contribution in [1.29, 1.82) is 0 Å². The third-order valence-corrected chi connectivity index (χ3v) is 10.7. The van der Waals surface area contributed by atoms with Crippen LogP contribution in [-0.4, -0.2) is 76.7 Å². The Bertz CT molecular complexity index is 1390. The number of carbonyl (C=O) groups excluding carboxylic acids is 2. The van der Waals surface area contributed by atoms with Crippen LogP contribution in [0.3, 0.4) is 0 Å². The Morgan fingerprint density at radius 1 is 1.21 bits per heavy atom. The Balaban J connectivity index is 1.45. The van der Waals surface area contributed by atoms with Crippen molar-refractivity contribution in [2.24, 2.45) is 0 Å². The summed E-state index contributed by atoms with van der Waals surface area (Å²) in [6.45, 7) is 4.87. The fourth-order valence-corrected chi connectivity index (χ4v) is 7.98. The second kappa shape index (κ2) is 10.1. The van der Waals surface area contributed by atoms with E-state index in [1.807, 2.05) is 13.0 Å². The zero-order valence-electron chi connectivity index (χ0n) is 22.2. The van der Waals surface area contributed by atoms with Gasteiger partial charge in [0, 0.05) is 35.8 Å². The molecular weight excluding hydrogens is 548 g/mol. The van der Waals surface area contributed by atoms with E-state index < -0.39 is 46.6 Å². The van der Waals surface area contributed by atoms with E-state index in [0.29, 0.717) is 29.1 Å². The molecule has 2 aromatic heterocycles. The standard InChI is InChI=1S/C26H33F2N5O4S2/c1-15-11-19(32-25(3)7-4-8-25)29-13-18(15)21-20(24(35)33-14-26(27,28)12-16(33)2)31-23(38-21)22(34)30-17-5-9-39(36,37)10-6-17/h11,13,16-17H,4-10,12,14H2,1-3H3,(H,29,32)(H,30,34)/t16-/m0/s1. The monoisotopic (exact) mass is 581 g/mol. The van der Waals surface area contributed by atoms with Crippen LogP contribution in [0.4, 0.5) is 14.6 Å². The first-order valence-electron chi connectivity index (χ1n) is 13.2. The molecule has 39 heavy (non-hydrogen) atoms. The van der Waals surface area contributed by atoms with Crippen LogP contribution < -0.4 is 10.6 Å². The SMILES string of the molecule is Cc1cc(NC2(C)CCC2)ncc1-c1sc(C(=O)NC2CCS(=O)(=O)CC2)nc1C(=O)N1CC(F)(F)C[C@@H]1C.